The van der Waals surface area contributed by atoms with E-state index in [0.29, 0.717) is 12.1 Å². The van der Waals surface area contributed by atoms with Crippen LogP contribution in [-0.2, 0) is 10.0 Å². The van der Waals surface area contributed by atoms with Gasteiger partial charge in [-0.3, -0.25) is 0 Å². The van der Waals surface area contributed by atoms with Gasteiger partial charge in [-0.1, -0.05) is 17.9 Å². The average molecular weight is 325 g/mol. The van der Waals surface area contributed by atoms with Crippen LogP contribution in [0.3, 0.4) is 0 Å². The van der Waals surface area contributed by atoms with Crippen LogP contribution in [-0.4, -0.2) is 48.5 Å². The second-order valence-electron chi connectivity index (χ2n) is 5.00. The van der Waals surface area contributed by atoms with Crippen LogP contribution in [0.25, 0.3) is 0 Å². The molecule has 0 amide bonds. The molecule has 1 fully saturated rings. The number of rotatable bonds is 2. The zero-order valence-corrected chi connectivity index (χ0v) is 13.8. The van der Waals surface area contributed by atoms with E-state index in [0.717, 1.165) is 17.1 Å². The summed E-state index contributed by atoms with van der Waals surface area (Å²) in [5, 5.41) is 8.85. The van der Waals surface area contributed by atoms with Gasteiger partial charge in [0.1, 0.15) is 6.61 Å². The van der Waals surface area contributed by atoms with Crippen molar-refractivity contribution in [3.63, 3.8) is 0 Å². The monoisotopic (exact) mass is 325 g/mol. The van der Waals surface area contributed by atoms with E-state index in [-0.39, 0.29) is 17.5 Å². The van der Waals surface area contributed by atoms with Crippen molar-refractivity contribution in [3.8, 4) is 11.8 Å². The molecule has 1 heterocycles. The lowest BCUT2D eigenvalue weighted by Gasteiger charge is -2.32. The van der Waals surface area contributed by atoms with Gasteiger partial charge in [-0.05, 0) is 31.5 Å². The summed E-state index contributed by atoms with van der Waals surface area (Å²) in [5.74, 6) is 6.91. The SMILES string of the molecule is Cc1ccc(S(=O)(=O)N2CCSCC2C)c(C#CCO)c1. The third-order valence-corrected chi connectivity index (χ3v) is 6.59. The van der Waals surface area contributed by atoms with Crippen molar-refractivity contribution in [3.05, 3.63) is 29.3 Å². The summed E-state index contributed by atoms with van der Waals surface area (Å²) >= 11 is 1.77. The number of thioether (sulfide) groups is 1. The van der Waals surface area contributed by atoms with Gasteiger partial charge in [0.15, 0.2) is 0 Å². The number of hydrogen-bond acceptors (Lipinski definition) is 4. The molecule has 1 N–H and O–H groups in total. The first-order valence-corrected chi connectivity index (χ1v) is 9.36. The van der Waals surface area contributed by atoms with Gasteiger partial charge in [-0.2, -0.15) is 16.1 Å². The topological polar surface area (TPSA) is 57.6 Å². The Labute approximate surface area is 130 Å². The maximum Gasteiger partial charge on any atom is 0.244 e. The molecule has 1 aromatic rings. The summed E-state index contributed by atoms with van der Waals surface area (Å²) in [6.07, 6.45) is 0. The molecule has 1 atom stereocenters. The predicted octanol–water partition coefficient (Wildman–Crippen LogP) is 1.46. The Bertz CT molecular complexity index is 674. The molecule has 0 aromatic heterocycles. The Morgan fingerprint density at radius 1 is 1.48 bits per heavy atom. The van der Waals surface area contributed by atoms with Crippen molar-refractivity contribution in [2.75, 3.05) is 24.7 Å². The molecule has 0 radical (unpaired) electrons. The van der Waals surface area contributed by atoms with Crippen molar-refractivity contribution in [1.29, 1.82) is 0 Å². The number of aryl methyl sites for hydroxylation is 1. The standard InChI is InChI=1S/C15H19NO3S2/c1-12-5-6-15(14(10-12)4-3-8-17)21(18,19)16-7-9-20-11-13(16)2/h5-6,10,13,17H,7-9,11H2,1-2H3. The summed E-state index contributed by atoms with van der Waals surface area (Å²) in [6, 6.07) is 5.12. The molecule has 2 rings (SSSR count). The van der Waals surface area contributed by atoms with E-state index >= 15 is 0 Å². The van der Waals surface area contributed by atoms with E-state index in [2.05, 4.69) is 11.8 Å². The highest BCUT2D eigenvalue weighted by molar-refractivity contribution is 7.99. The zero-order chi connectivity index (χ0) is 15.5. The smallest absolute Gasteiger partial charge is 0.244 e. The van der Waals surface area contributed by atoms with E-state index in [9.17, 15) is 8.42 Å². The fraction of sp³-hybridized carbons (Fsp3) is 0.467. The fourth-order valence-electron chi connectivity index (χ4n) is 2.30. The van der Waals surface area contributed by atoms with E-state index in [1.807, 2.05) is 13.8 Å². The highest BCUT2D eigenvalue weighted by Gasteiger charge is 2.32. The van der Waals surface area contributed by atoms with Gasteiger partial charge in [-0.25, -0.2) is 8.42 Å². The van der Waals surface area contributed by atoms with Crippen molar-refractivity contribution in [2.45, 2.75) is 24.8 Å². The first kappa shape index (κ1) is 16.4. The molecular weight excluding hydrogens is 306 g/mol. The zero-order valence-electron chi connectivity index (χ0n) is 12.2. The minimum absolute atomic E-state index is 0.0197. The summed E-state index contributed by atoms with van der Waals surface area (Å²) in [7, 11) is -3.55. The molecule has 0 saturated carbocycles. The van der Waals surface area contributed by atoms with Crippen LogP contribution in [0.1, 0.15) is 18.1 Å². The van der Waals surface area contributed by atoms with E-state index in [1.165, 1.54) is 0 Å². The summed E-state index contributed by atoms with van der Waals surface area (Å²) in [5.41, 5.74) is 1.40. The van der Waals surface area contributed by atoms with Crippen molar-refractivity contribution in [2.24, 2.45) is 0 Å². The third-order valence-electron chi connectivity index (χ3n) is 3.33. The maximum atomic E-state index is 12.9. The number of benzene rings is 1. The lowest BCUT2D eigenvalue weighted by Crippen LogP contribution is -2.44. The number of sulfonamides is 1. The van der Waals surface area contributed by atoms with Gasteiger partial charge in [-0.15, -0.1) is 0 Å². The lowest BCUT2D eigenvalue weighted by molar-refractivity contribution is 0.350. The van der Waals surface area contributed by atoms with Crippen LogP contribution >= 0.6 is 11.8 Å². The van der Waals surface area contributed by atoms with Crippen LogP contribution in [0.4, 0.5) is 0 Å². The molecule has 0 aliphatic carbocycles. The highest BCUT2D eigenvalue weighted by atomic mass is 32.2. The molecule has 1 aliphatic heterocycles. The Hall–Kier alpha value is -1.00. The number of nitrogens with zero attached hydrogens (tertiary/aromatic N) is 1. The molecule has 1 saturated heterocycles. The average Bonchev–Trinajstić information content (AvgIpc) is 2.45. The van der Waals surface area contributed by atoms with Gasteiger partial charge in [0.25, 0.3) is 0 Å². The molecule has 0 spiro atoms. The van der Waals surface area contributed by atoms with E-state index in [1.54, 1.807) is 34.3 Å². The first-order chi connectivity index (χ1) is 9.96. The largest absolute Gasteiger partial charge is 0.384 e. The summed E-state index contributed by atoms with van der Waals surface area (Å²) < 4.78 is 27.3. The van der Waals surface area contributed by atoms with Crippen molar-refractivity contribution >= 4 is 21.8 Å². The molecule has 1 aliphatic rings. The number of aliphatic hydroxyl groups is 1. The maximum absolute atomic E-state index is 12.9. The highest BCUT2D eigenvalue weighted by Crippen LogP contribution is 2.26. The fourth-order valence-corrected chi connectivity index (χ4v) is 5.28. The molecule has 1 unspecified atom stereocenters. The quantitative estimate of drug-likeness (QED) is 0.837. The summed E-state index contributed by atoms with van der Waals surface area (Å²) in [4.78, 5) is 0.229. The second-order valence-corrected chi connectivity index (χ2v) is 8.01. The van der Waals surface area contributed by atoms with Gasteiger partial charge < -0.3 is 5.11 Å². The Balaban J connectivity index is 2.49. The minimum Gasteiger partial charge on any atom is -0.384 e. The third kappa shape index (κ3) is 3.61. The number of hydrogen-bond donors (Lipinski definition) is 1. The van der Waals surface area contributed by atoms with Crippen molar-refractivity contribution < 1.29 is 13.5 Å². The van der Waals surface area contributed by atoms with Crippen LogP contribution in [0.2, 0.25) is 0 Å². The summed E-state index contributed by atoms with van der Waals surface area (Å²) in [6.45, 7) is 4.05. The van der Waals surface area contributed by atoms with Crippen LogP contribution in [0.5, 0.6) is 0 Å². The van der Waals surface area contributed by atoms with Gasteiger partial charge >= 0.3 is 0 Å². The lowest BCUT2D eigenvalue weighted by atomic mass is 10.1. The van der Waals surface area contributed by atoms with E-state index in [4.69, 9.17) is 5.11 Å². The molecule has 21 heavy (non-hydrogen) atoms. The molecule has 114 valence electrons. The van der Waals surface area contributed by atoms with Crippen LogP contribution in [0.15, 0.2) is 23.1 Å². The first-order valence-electron chi connectivity index (χ1n) is 6.77. The number of aliphatic hydroxyl groups excluding tert-OH is 1. The normalized spacial score (nSPS) is 19.9. The van der Waals surface area contributed by atoms with Crippen LogP contribution in [0, 0.1) is 18.8 Å². The van der Waals surface area contributed by atoms with Gasteiger partial charge in [0.2, 0.25) is 10.0 Å². The van der Waals surface area contributed by atoms with Crippen LogP contribution < -0.4 is 0 Å². The minimum atomic E-state index is -3.55. The van der Waals surface area contributed by atoms with Gasteiger partial charge in [0, 0.05) is 29.7 Å². The molecule has 6 heteroatoms. The molecule has 0 bridgehead atoms. The van der Waals surface area contributed by atoms with Crippen molar-refractivity contribution in [1.82, 2.24) is 4.31 Å². The Kier molecular flexibility index (Phi) is 5.33. The molecule has 1 aromatic carbocycles. The van der Waals surface area contributed by atoms with E-state index < -0.39 is 10.0 Å². The molecular formula is C15H19NO3S2. The Morgan fingerprint density at radius 2 is 2.24 bits per heavy atom. The predicted molar refractivity (Wildman–Crippen MR) is 85.8 cm³/mol. The van der Waals surface area contributed by atoms with Gasteiger partial charge in [0.05, 0.1) is 4.90 Å². The second kappa shape index (κ2) is 6.84. The Morgan fingerprint density at radius 3 is 2.90 bits per heavy atom. The molecule has 4 nitrogen and oxygen atoms in total.